The molecule has 0 spiro atoms. The lowest BCUT2D eigenvalue weighted by Crippen LogP contribution is -2.30. The minimum absolute atomic E-state index is 0.0750. The van der Waals surface area contributed by atoms with Crippen molar-refractivity contribution in [3.05, 3.63) is 35.4 Å². The van der Waals surface area contributed by atoms with Crippen LogP contribution in [0.25, 0.3) is 0 Å². The predicted molar refractivity (Wildman–Crippen MR) is 72.7 cm³/mol. The molecule has 1 aliphatic carbocycles. The number of fused-ring (bicyclic) bond motifs is 1. The molecule has 0 fully saturated rings. The summed E-state index contributed by atoms with van der Waals surface area (Å²) in [6, 6.07) is 7.88. The van der Waals surface area contributed by atoms with E-state index in [0.29, 0.717) is 0 Å². The van der Waals surface area contributed by atoms with E-state index in [1.54, 1.807) is 6.92 Å². The van der Waals surface area contributed by atoms with Crippen LogP contribution in [0.1, 0.15) is 24.0 Å². The summed E-state index contributed by atoms with van der Waals surface area (Å²) in [5.74, 6) is -1.03. The number of methoxy groups -OCH3 is 1. The molecule has 2 rings (SSSR count). The van der Waals surface area contributed by atoms with Gasteiger partial charge in [-0.05, 0) is 17.5 Å². The number of ether oxygens (including phenoxy) is 1. The molecular formula is C14H18O4S. The van der Waals surface area contributed by atoms with Gasteiger partial charge in [0, 0.05) is 5.92 Å². The zero-order chi connectivity index (χ0) is 14.0. The van der Waals surface area contributed by atoms with Gasteiger partial charge >= 0.3 is 5.97 Å². The number of sulfone groups is 1. The Morgan fingerprint density at radius 1 is 1.42 bits per heavy atom. The van der Waals surface area contributed by atoms with Gasteiger partial charge in [-0.1, -0.05) is 31.2 Å². The van der Waals surface area contributed by atoms with Gasteiger partial charge in [-0.3, -0.25) is 4.79 Å². The van der Waals surface area contributed by atoms with E-state index in [4.69, 9.17) is 0 Å². The van der Waals surface area contributed by atoms with Gasteiger partial charge in [0.2, 0.25) is 0 Å². The average molecular weight is 282 g/mol. The van der Waals surface area contributed by atoms with Crippen LogP contribution in [0.4, 0.5) is 0 Å². The van der Waals surface area contributed by atoms with Gasteiger partial charge in [0.15, 0.2) is 9.84 Å². The Morgan fingerprint density at radius 2 is 2.11 bits per heavy atom. The maximum Gasteiger partial charge on any atom is 0.309 e. The number of hydrogen-bond donors (Lipinski definition) is 0. The first-order valence-electron chi connectivity index (χ1n) is 6.29. The Bertz CT molecular complexity index is 577. The standard InChI is InChI=1S/C14H18O4S/c1-10(14(15)18-2)8-19(16,17)9-12-7-11-5-3-4-6-13(11)12/h3-6,10,12H,7-9H2,1-2H3. The van der Waals surface area contributed by atoms with Gasteiger partial charge in [-0.15, -0.1) is 0 Å². The Kier molecular flexibility index (Phi) is 3.94. The van der Waals surface area contributed by atoms with Crippen molar-refractivity contribution in [1.82, 2.24) is 0 Å². The van der Waals surface area contributed by atoms with Crippen LogP contribution in [-0.2, 0) is 25.8 Å². The van der Waals surface area contributed by atoms with Crippen molar-refractivity contribution in [2.24, 2.45) is 5.92 Å². The molecule has 0 saturated carbocycles. The fraction of sp³-hybridized carbons (Fsp3) is 0.500. The summed E-state index contributed by atoms with van der Waals surface area (Å²) in [4.78, 5) is 11.3. The van der Waals surface area contributed by atoms with E-state index in [0.717, 1.165) is 12.0 Å². The van der Waals surface area contributed by atoms with Crippen molar-refractivity contribution in [1.29, 1.82) is 0 Å². The smallest absolute Gasteiger partial charge is 0.309 e. The fourth-order valence-corrected chi connectivity index (χ4v) is 4.48. The summed E-state index contributed by atoms with van der Waals surface area (Å²) in [5.41, 5.74) is 2.35. The molecule has 4 nitrogen and oxygen atoms in total. The van der Waals surface area contributed by atoms with Gasteiger partial charge < -0.3 is 4.74 Å². The molecule has 0 radical (unpaired) electrons. The summed E-state index contributed by atoms with van der Waals surface area (Å²) in [6.45, 7) is 1.58. The van der Waals surface area contributed by atoms with Gasteiger partial charge in [-0.2, -0.15) is 0 Å². The molecule has 1 aliphatic rings. The zero-order valence-corrected chi connectivity index (χ0v) is 11.9. The second-order valence-corrected chi connectivity index (χ2v) is 7.25. The molecule has 0 N–H and O–H groups in total. The van der Waals surface area contributed by atoms with Gasteiger partial charge in [0.1, 0.15) is 0 Å². The molecule has 1 aromatic carbocycles. The van der Waals surface area contributed by atoms with Crippen molar-refractivity contribution in [3.8, 4) is 0 Å². The SMILES string of the molecule is COC(=O)C(C)CS(=O)(=O)CC1Cc2ccccc21. The third-order valence-corrected chi connectivity index (χ3v) is 5.44. The first kappa shape index (κ1) is 14.1. The zero-order valence-electron chi connectivity index (χ0n) is 11.1. The maximum absolute atomic E-state index is 12.1. The highest BCUT2D eigenvalue weighted by Crippen LogP contribution is 2.35. The first-order valence-corrected chi connectivity index (χ1v) is 8.11. The number of carbonyl (C=O) groups is 1. The molecule has 0 amide bonds. The van der Waals surface area contributed by atoms with E-state index in [9.17, 15) is 13.2 Å². The van der Waals surface area contributed by atoms with Gasteiger partial charge in [0.05, 0.1) is 24.5 Å². The summed E-state index contributed by atoms with van der Waals surface area (Å²) in [6.07, 6.45) is 0.808. The highest BCUT2D eigenvalue weighted by Gasteiger charge is 2.31. The van der Waals surface area contributed by atoms with Crippen LogP contribution in [0, 0.1) is 5.92 Å². The molecule has 2 atom stereocenters. The highest BCUT2D eigenvalue weighted by molar-refractivity contribution is 7.91. The Labute approximate surface area is 113 Å². The minimum atomic E-state index is -3.24. The van der Waals surface area contributed by atoms with Crippen molar-refractivity contribution in [3.63, 3.8) is 0 Å². The van der Waals surface area contributed by atoms with E-state index < -0.39 is 21.7 Å². The molecule has 0 aliphatic heterocycles. The van der Waals surface area contributed by atoms with E-state index in [-0.39, 0.29) is 17.4 Å². The lowest BCUT2D eigenvalue weighted by atomic mass is 9.79. The van der Waals surface area contributed by atoms with Crippen LogP contribution in [-0.4, -0.2) is 33.0 Å². The quantitative estimate of drug-likeness (QED) is 0.769. The van der Waals surface area contributed by atoms with Crippen molar-refractivity contribution in [2.75, 3.05) is 18.6 Å². The molecule has 1 aromatic rings. The van der Waals surface area contributed by atoms with Gasteiger partial charge in [0.25, 0.3) is 0 Å². The molecule has 0 aromatic heterocycles. The average Bonchev–Trinajstić information content (AvgIpc) is 2.34. The predicted octanol–water partition coefficient (Wildman–Crippen LogP) is 1.55. The van der Waals surface area contributed by atoms with Crippen LogP contribution in [0.3, 0.4) is 0 Å². The number of rotatable bonds is 5. The first-order chi connectivity index (χ1) is 8.93. The molecule has 19 heavy (non-hydrogen) atoms. The third-order valence-electron chi connectivity index (χ3n) is 3.52. The second-order valence-electron chi connectivity index (χ2n) is 5.10. The Balaban J connectivity index is 1.98. The van der Waals surface area contributed by atoms with Crippen LogP contribution in [0.2, 0.25) is 0 Å². The molecule has 0 saturated heterocycles. The number of esters is 1. The molecule has 5 heteroatoms. The second kappa shape index (κ2) is 5.33. The van der Waals surface area contributed by atoms with Crippen LogP contribution in [0.15, 0.2) is 24.3 Å². The molecular weight excluding hydrogens is 264 g/mol. The highest BCUT2D eigenvalue weighted by atomic mass is 32.2. The number of benzene rings is 1. The summed E-state index contributed by atoms with van der Waals surface area (Å²) < 4.78 is 28.7. The van der Waals surface area contributed by atoms with Crippen molar-refractivity contribution >= 4 is 15.8 Å². The monoisotopic (exact) mass is 282 g/mol. The van der Waals surface area contributed by atoms with Crippen LogP contribution in [0.5, 0.6) is 0 Å². The lowest BCUT2D eigenvalue weighted by Gasteiger charge is -2.30. The van der Waals surface area contributed by atoms with E-state index in [2.05, 4.69) is 4.74 Å². The Hall–Kier alpha value is -1.36. The van der Waals surface area contributed by atoms with Crippen LogP contribution < -0.4 is 0 Å². The molecule has 104 valence electrons. The fourth-order valence-electron chi connectivity index (χ4n) is 2.54. The summed E-state index contributed by atoms with van der Waals surface area (Å²) >= 11 is 0. The Morgan fingerprint density at radius 3 is 2.74 bits per heavy atom. The third kappa shape index (κ3) is 3.15. The summed E-state index contributed by atoms with van der Waals surface area (Å²) in [7, 11) is -1.97. The maximum atomic E-state index is 12.1. The van der Waals surface area contributed by atoms with E-state index >= 15 is 0 Å². The lowest BCUT2D eigenvalue weighted by molar-refractivity contribution is -0.144. The topological polar surface area (TPSA) is 60.4 Å². The van der Waals surface area contributed by atoms with E-state index in [1.807, 2.05) is 24.3 Å². The van der Waals surface area contributed by atoms with Crippen molar-refractivity contribution < 1.29 is 17.9 Å². The minimum Gasteiger partial charge on any atom is -0.469 e. The molecule has 0 bridgehead atoms. The normalized spacial score (nSPS) is 19.2. The molecule has 2 unspecified atom stereocenters. The van der Waals surface area contributed by atoms with Gasteiger partial charge in [-0.25, -0.2) is 8.42 Å². The largest absolute Gasteiger partial charge is 0.469 e. The number of carbonyl (C=O) groups excluding carboxylic acids is 1. The number of hydrogen-bond acceptors (Lipinski definition) is 4. The molecule has 0 heterocycles. The van der Waals surface area contributed by atoms with E-state index in [1.165, 1.54) is 12.7 Å². The summed E-state index contributed by atoms with van der Waals surface area (Å²) in [5, 5.41) is 0. The van der Waals surface area contributed by atoms with Crippen molar-refractivity contribution in [2.45, 2.75) is 19.3 Å². The van der Waals surface area contributed by atoms with Crippen LogP contribution >= 0.6 is 0 Å².